The van der Waals surface area contributed by atoms with Crippen LogP contribution in [0.15, 0.2) is 30.3 Å². The smallest absolute Gasteiger partial charge is 0.407 e. The lowest BCUT2D eigenvalue weighted by atomic mass is 9.97. The van der Waals surface area contributed by atoms with Crippen molar-refractivity contribution in [2.75, 3.05) is 46.0 Å². The Hall–Kier alpha value is -2.70. The molecule has 1 atom stereocenters. The SMILES string of the molecule is CC(C)(C)OC(=O)CC(CCCCNC(=O)OCc1ccccc1)C(=O)NCC[N+](C)(C)CCCS(=O)(=O)O. The average molecular weight is 573 g/mol. The molecule has 39 heavy (non-hydrogen) atoms. The number of nitrogens with zero attached hydrogens (tertiary/aromatic N) is 1. The van der Waals surface area contributed by atoms with Crippen molar-refractivity contribution in [1.29, 1.82) is 0 Å². The maximum atomic E-state index is 12.9. The summed E-state index contributed by atoms with van der Waals surface area (Å²) in [5.74, 6) is -1.60. The second-order valence-electron chi connectivity index (χ2n) is 11.3. The average Bonchev–Trinajstić information content (AvgIpc) is 2.80. The van der Waals surface area contributed by atoms with Crippen LogP contribution in [0.5, 0.6) is 0 Å². The van der Waals surface area contributed by atoms with E-state index in [0.717, 1.165) is 5.56 Å². The molecule has 11 nitrogen and oxygen atoms in total. The van der Waals surface area contributed by atoms with Crippen LogP contribution in [0.4, 0.5) is 4.79 Å². The fourth-order valence-electron chi connectivity index (χ4n) is 3.80. The minimum absolute atomic E-state index is 0.0533. The summed E-state index contributed by atoms with van der Waals surface area (Å²) in [5, 5.41) is 5.58. The van der Waals surface area contributed by atoms with Crippen LogP contribution >= 0.6 is 0 Å². The number of hydrogen-bond acceptors (Lipinski definition) is 7. The lowest BCUT2D eigenvalue weighted by Crippen LogP contribution is -2.47. The molecule has 2 amide bonds. The highest BCUT2D eigenvalue weighted by Crippen LogP contribution is 2.17. The standard InChI is InChI=1S/C27H45N3O8S/c1-27(2,3)38-24(31)20-23(25(32)28-16-18-30(4,5)17-11-19-39(34,35)36)14-9-10-15-29-26(33)37-21-22-12-7-6-8-13-22/h6-8,12-13,23H,9-11,14-21H2,1-5H3,(H2-,28,29,32,33,34,35,36)/p+1. The van der Waals surface area contributed by atoms with Crippen LogP contribution in [0.1, 0.15) is 58.4 Å². The van der Waals surface area contributed by atoms with Crippen molar-refractivity contribution < 1.29 is 41.3 Å². The van der Waals surface area contributed by atoms with E-state index in [1.807, 2.05) is 44.4 Å². The minimum atomic E-state index is -4.00. The molecule has 0 saturated carbocycles. The fraction of sp³-hybridized carbons (Fsp3) is 0.667. The van der Waals surface area contributed by atoms with E-state index in [9.17, 15) is 22.8 Å². The Morgan fingerprint density at radius 3 is 2.26 bits per heavy atom. The van der Waals surface area contributed by atoms with Crippen molar-refractivity contribution in [3.8, 4) is 0 Å². The van der Waals surface area contributed by atoms with Gasteiger partial charge >= 0.3 is 12.1 Å². The van der Waals surface area contributed by atoms with E-state index < -0.39 is 33.7 Å². The Kier molecular flexibility index (Phi) is 14.4. The molecule has 0 heterocycles. The topological polar surface area (TPSA) is 148 Å². The molecule has 3 N–H and O–H groups in total. The number of nitrogens with one attached hydrogen (secondary N) is 2. The second kappa shape index (κ2) is 16.4. The van der Waals surface area contributed by atoms with Crippen LogP contribution in [0.3, 0.4) is 0 Å². The third kappa shape index (κ3) is 18.3. The number of alkyl carbamates (subject to hydrolysis) is 1. The molecule has 1 aromatic rings. The molecule has 222 valence electrons. The second-order valence-corrected chi connectivity index (χ2v) is 12.9. The van der Waals surface area contributed by atoms with E-state index in [1.54, 1.807) is 20.8 Å². The number of benzene rings is 1. The van der Waals surface area contributed by atoms with Crippen LogP contribution in [0.2, 0.25) is 0 Å². The monoisotopic (exact) mass is 572 g/mol. The summed E-state index contributed by atoms with van der Waals surface area (Å²) in [6.45, 7) is 7.27. The Labute approximate surface area is 233 Å². The van der Waals surface area contributed by atoms with Gasteiger partial charge in [0.05, 0.1) is 45.9 Å². The Bertz CT molecular complexity index is 1010. The van der Waals surface area contributed by atoms with E-state index in [0.29, 0.717) is 56.3 Å². The van der Waals surface area contributed by atoms with Gasteiger partial charge in [0.25, 0.3) is 10.1 Å². The van der Waals surface area contributed by atoms with Crippen LogP contribution in [0, 0.1) is 5.92 Å². The minimum Gasteiger partial charge on any atom is -0.460 e. The third-order valence-corrected chi connectivity index (χ3v) is 6.65. The largest absolute Gasteiger partial charge is 0.460 e. The molecule has 0 aromatic heterocycles. The van der Waals surface area contributed by atoms with Gasteiger partial charge in [-0.3, -0.25) is 14.1 Å². The van der Waals surface area contributed by atoms with Gasteiger partial charge in [-0.2, -0.15) is 8.42 Å². The van der Waals surface area contributed by atoms with Crippen molar-refractivity contribution in [1.82, 2.24) is 10.6 Å². The number of quaternary nitrogens is 1. The van der Waals surface area contributed by atoms with Gasteiger partial charge in [0.2, 0.25) is 5.91 Å². The molecule has 1 aromatic carbocycles. The van der Waals surface area contributed by atoms with Gasteiger partial charge in [0.15, 0.2) is 0 Å². The molecule has 0 radical (unpaired) electrons. The molecule has 0 aliphatic rings. The predicted molar refractivity (Wildman–Crippen MR) is 148 cm³/mol. The van der Waals surface area contributed by atoms with Crippen LogP contribution in [-0.4, -0.2) is 87.1 Å². The number of rotatable bonds is 17. The first-order valence-electron chi connectivity index (χ1n) is 13.3. The molecule has 0 spiro atoms. The Morgan fingerprint density at radius 2 is 1.64 bits per heavy atom. The van der Waals surface area contributed by atoms with Crippen molar-refractivity contribution >= 4 is 28.1 Å². The number of ether oxygens (including phenoxy) is 2. The molecule has 1 unspecified atom stereocenters. The Morgan fingerprint density at radius 1 is 0.974 bits per heavy atom. The summed E-state index contributed by atoms with van der Waals surface area (Å²) < 4.78 is 41.8. The summed E-state index contributed by atoms with van der Waals surface area (Å²) in [6.07, 6.45) is 1.39. The van der Waals surface area contributed by atoms with Crippen molar-refractivity contribution in [2.24, 2.45) is 5.92 Å². The molecule has 0 bridgehead atoms. The maximum absolute atomic E-state index is 12.9. The fourth-order valence-corrected chi connectivity index (χ4v) is 4.30. The Balaban J connectivity index is 2.50. The van der Waals surface area contributed by atoms with Gasteiger partial charge < -0.3 is 24.6 Å². The predicted octanol–water partition coefficient (Wildman–Crippen LogP) is 2.90. The van der Waals surface area contributed by atoms with E-state index in [4.69, 9.17) is 14.0 Å². The lowest BCUT2D eigenvalue weighted by Gasteiger charge is -2.30. The number of hydrogen-bond donors (Lipinski definition) is 3. The van der Waals surface area contributed by atoms with Crippen LogP contribution in [-0.2, 0) is 35.8 Å². The van der Waals surface area contributed by atoms with Gasteiger partial charge in [0.1, 0.15) is 12.2 Å². The van der Waals surface area contributed by atoms with E-state index in [-0.39, 0.29) is 24.7 Å². The van der Waals surface area contributed by atoms with E-state index in [1.165, 1.54) is 0 Å². The molecule has 0 fully saturated rings. The zero-order valence-corrected chi connectivity index (χ0v) is 24.7. The number of esters is 1. The molecular formula is C27H46N3O8S+. The van der Waals surface area contributed by atoms with E-state index >= 15 is 0 Å². The van der Waals surface area contributed by atoms with Crippen LogP contribution in [0.25, 0.3) is 0 Å². The highest BCUT2D eigenvalue weighted by atomic mass is 32.2. The summed E-state index contributed by atoms with van der Waals surface area (Å²) >= 11 is 0. The quantitative estimate of drug-likeness (QED) is 0.112. The molecule has 0 saturated heterocycles. The molecular weight excluding hydrogens is 526 g/mol. The number of likely N-dealkylation sites (N-methyl/N-ethyl adjacent to an activating group) is 1. The number of carbonyl (C=O) groups excluding carboxylic acids is 3. The van der Waals surface area contributed by atoms with Crippen molar-refractivity contribution in [3.63, 3.8) is 0 Å². The summed E-state index contributed by atoms with van der Waals surface area (Å²) in [6, 6.07) is 9.36. The molecule has 12 heteroatoms. The number of unbranched alkanes of at least 4 members (excludes halogenated alkanes) is 1. The van der Waals surface area contributed by atoms with Gasteiger partial charge in [-0.15, -0.1) is 0 Å². The summed E-state index contributed by atoms with van der Waals surface area (Å²) in [4.78, 5) is 37.3. The van der Waals surface area contributed by atoms with Crippen LogP contribution < -0.4 is 10.6 Å². The van der Waals surface area contributed by atoms with Gasteiger partial charge in [-0.1, -0.05) is 36.8 Å². The van der Waals surface area contributed by atoms with Gasteiger partial charge in [-0.25, -0.2) is 4.79 Å². The lowest BCUT2D eigenvalue weighted by molar-refractivity contribution is -0.889. The maximum Gasteiger partial charge on any atom is 0.407 e. The zero-order chi connectivity index (χ0) is 29.5. The highest BCUT2D eigenvalue weighted by molar-refractivity contribution is 7.85. The highest BCUT2D eigenvalue weighted by Gasteiger charge is 2.26. The van der Waals surface area contributed by atoms with Gasteiger partial charge in [0, 0.05) is 18.9 Å². The van der Waals surface area contributed by atoms with Crippen molar-refractivity contribution in [3.05, 3.63) is 35.9 Å². The first-order valence-corrected chi connectivity index (χ1v) is 14.9. The zero-order valence-electron chi connectivity index (χ0n) is 23.9. The number of amides is 2. The first kappa shape index (κ1) is 34.3. The summed E-state index contributed by atoms with van der Waals surface area (Å²) in [5.41, 5.74) is 0.232. The van der Waals surface area contributed by atoms with Crippen molar-refractivity contribution in [2.45, 2.75) is 65.1 Å². The summed E-state index contributed by atoms with van der Waals surface area (Å²) in [7, 11) is -0.185. The van der Waals surface area contributed by atoms with E-state index in [2.05, 4.69) is 10.6 Å². The number of carbonyl (C=O) groups is 3. The third-order valence-electron chi connectivity index (χ3n) is 5.85. The van der Waals surface area contributed by atoms with Gasteiger partial charge in [-0.05, 0) is 39.2 Å². The molecule has 0 aliphatic carbocycles. The first-order chi connectivity index (χ1) is 18.1. The normalized spacial score (nSPS) is 12.9. The molecule has 1 rings (SSSR count). The molecule has 0 aliphatic heterocycles.